The van der Waals surface area contributed by atoms with Crippen molar-refractivity contribution in [1.29, 1.82) is 0 Å². The Morgan fingerprint density at radius 2 is 1.49 bits per heavy atom. The van der Waals surface area contributed by atoms with Crippen molar-refractivity contribution in [3.63, 3.8) is 0 Å². The summed E-state index contributed by atoms with van der Waals surface area (Å²) in [5.41, 5.74) is 8.12. The molecule has 8 rings (SSSR count). The largest absolute Gasteiger partial charge is 0.443 e. The molecule has 4 aromatic carbocycles. The van der Waals surface area contributed by atoms with Crippen LogP contribution in [0.5, 0.6) is 0 Å². The van der Waals surface area contributed by atoms with E-state index in [0.29, 0.717) is 11.6 Å². The summed E-state index contributed by atoms with van der Waals surface area (Å²) in [6.45, 7) is 0. The van der Waals surface area contributed by atoms with Crippen LogP contribution in [0, 0.1) is 0 Å². The van der Waals surface area contributed by atoms with E-state index in [1.807, 2.05) is 24.3 Å². The lowest BCUT2D eigenvalue weighted by atomic mass is 10.1. The van der Waals surface area contributed by atoms with Gasteiger partial charge in [-0.1, -0.05) is 60.7 Å². The molecule has 4 aromatic heterocycles. The summed E-state index contributed by atoms with van der Waals surface area (Å²) < 4.78 is 9.01. The maximum Gasteiger partial charge on any atom is 0.245 e. The third-order valence-corrected chi connectivity index (χ3v) is 8.10. The molecule has 0 amide bonds. The standard InChI is InChI=1S/C33H20N4OS/c1-3-13-29-24(9-1)25-16-15-22(33-36-27-10-2-4-14-31(27)39-33)20-30(25)37(29)23-8-5-7-21(19-23)26-11-6-12-28(35-26)32-34-17-18-38-32/h1-20H. The summed E-state index contributed by atoms with van der Waals surface area (Å²) in [4.78, 5) is 14.0. The minimum atomic E-state index is 0.512. The van der Waals surface area contributed by atoms with E-state index >= 15 is 0 Å². The number of rotatable bonds is 4. The zero-order valence-corrected chi connectivity index (χ0v) is 21.5. The van der Waals surface area contributed by atoms with Crippen molar-refractivity contribution in [3.05, 3.63) is 122 Å². The van der Waals surface area contributed by atoms with Crippen LogP contribution >= 0.6 is 11.3 Å². The molecular formula is C33H20N4OS. The van der Waals surface area contributed by atoms with Crippen LogP contribution in [0.25, 0.3) is 71.1 Å². The number of hydrogen-bond acceptors (Lipinski definition) is 5. The van der Waals surface area contributed by atoms with Crippen molar-refractivity contribution in [3.8, 4) is 39.1 Å². The van der Waals surface area contributed by atoms with E-state index in [4.69, 9.17) is 14.4 Å². The SMILES string of the molecule is c1cc(-c2cccc(-c3ncco3)n2)cc(-n2c3ccccc3c3ccc(-c4nc5ccccc5s4)cc32)c1. The van der Waals surface area contributed by atoms with E-state index in [0.717, 1.165) is 44.1 Å². The van der Waals surface area contributed by atoms with Crippen LogP contribution in [0.1, 0.15) is 0 Å². The Bertz CT molecular complexity index is 2110. The van der Waals surface area contributed by atoms with Gasteiger partial charge < -0.3 is 8.98 Å². The van der Waals surface area contributed by atoms with E-state index in [1.165, 1.54) is 15.5 Å². The Morgan fingerprint density at radius 3 is 2.41 bits per heavy atom. The van der Waals surface area contributed by atoms with Crippen molar-refractivity contribution < 1.29 is 4.42 Å². The number of hydrogen-bond donors (Lipinski definition) is 0. The summed E-state index contributed by atoms with van der Waals surface area (Å²) in [5.74, 6) is 0.512. The molecule has 0 saturated carbocycles. The van der Waals surface area contributed by atoms with Gasteiger partial charge in [-0.25, -0.2) is 15.0 Å². The van der Waals surface area contributed by atoms with Gasteiger partial charge in [-0.2, -0.15) is 0 Å². The molecule has 0 radical (unpaired) electrons. The third kappa shape index (κ3) is 3.65. The predicted octanol–water partition coefficient (Wildman–Crippen LogP) is 8.78. The fraction of sp³-hybridized carbons (Fsp3) is 0. The minimum Gasteiger partial charge on any atom is -0.443 e. The highest BCUT2D eigenvalue weighted by atomic mass is 32.1. The van der Waals surface area contributed by atoms with Gasteiger partial charge in [0.2, 0.25) is 5.89 Å². The van der Waals surface area contributed by atoms with Crippen LogP contribution in [0.15, 0.2) is 126 Å². The fourth-order valence-corrected chi connectivity index (χ4v) is 6.21. The number of benzene rings is 4. The monoisotopic (exact) mass is 520 g/mol. The fourth-order valence-electron chi connectivity index (χ4n) is 5.25. The Morgan fingerprint density at radius 1 is 0.641 bits per heavy atom. The van der Waals surface area contributed by atoms with E-state index in [-0.39, 0.29) is 0 Å². The minimum absolute atomic E-state index is 0.512. The number of fused-ring (bicyclic) bond motifs is 4. The van der Waals surface area contributed by atoms with Gasteiger partial charge in [0.1, 0.15) is 17.0 Å². The molecule has 0 aliphatic rings. The second-order valence-corrected chi connectivity index (χ2v) is 10.4. The molecule has 0 saturated heterocycles. The van der Waals surface area contributed by atoms with Crippen LogP contribution in [0.2, 0.25) is 0 Å². The molecule has 39 heavy (non-hydrogen) atoms. The maximum absolute atomic E-state index is 5.47. The summed E-state index contributed by atoms with van der Waals surface area (Å²) in [6, 6.07) is 38.0. The Balaban J connectivity index is 1.31. The first-order chi connectivity index (χ1) is 19.3. The second kappa shape index (κ2) is 8.75. The first kappa shape index (κ1) is 22.0. The lowest BCUT2D eigenvalue weighted by molar-refractivity contribution is 0.572. The van der Waals surface area contributed by atoms with Gasteiger partial charge in [-0.05, 0) is 48.5 Å². The van der Waals surface area contributed by atoms with Gasteiger partial charge in [-0.15, -0.1) is 11.3 Å². The summed E-state index contributed by atoms with van der Waals surface area (Å²) in [7, 11) is 0. The lowest BCUT2D eigenvalue weighted by Crippen LogP contribution is -1.95. The maximum atomic E-state index is 5.47. The molecule has 0 spiro atoms. The van der Waals surface area contributed by atoms with E-state index < -0.39 is 0 Å². The quantitative estimate of drug-likeness (QED) is 0.233. The van der Waals surface area contributed by atoms with Gasteiger partial charge in [0.05, 0.1) is 33.1 Å². The van der Waals surface area contributed by atoms with Crippen LogP contribution in [-0.4, -0.2) is 19.5 Å². The molecule has 8 aromatic rings. The van der Waals surface area contributed by atoms with Gasteiger partial charge in [0, 0.05) is 27.6 Å². The molecule has 0 atom stereocenters. The molecule has 0 aliphatic heterocycles. The third-order valence-electron chi connectivity index (χ3n) is 7.02. The Hall–Kier alpha value is -5.07. The molecule has 6 heteroatoms. The van der Waals surface area contributed by atoms with E-state index in [2.05, 4.69) is 94.5 Å². The normalized spacial score (nSPS) is 11.6. The molecule has 0 fully saturated rings. The molecule has 5 nitrogen and oxygen atoms in total. The van der Waals surface area contributed by atoms with Gasteiger partial charge >= 0.3 is 0 Å². The smallest absolute Gasteiger partial charge is 0.245 e. The zero-order valence-electron chi connectivity index (χ0n) is 20.7. The van der Waals surface area contributed by atoms with Gasteiger partial charge in [0.25, 0.3) is 0 Å². The Kier molecular flexibility index (Phi) is 4.93. The van der Waals surface area contributed by atoms with Crippen LogP contribution in [0.4, 0.5) is 0 Å². The average molecular weight is 521 g/mol. The lowest BCUT2D eigenvalue weighted by Gasteiger charge is -2.11. The number of thiazole rings is 1. The van der Waals surface area contributed by atoms with Crippen molar-refractivity contribution >= 4 is 43.4 Å². The molecular weight excluding hydrogens is 500 g/mol. The summed E-state index contributed by atoms with van der Waals surface area (Å²) in [6.07, 6.45) is 3.20. The number of aromatic nitrogens is 4. The molecule has 184 valence electrons. The van der Waals surface area contributed by atoms with Crippen molar-refractivity contribution in [1.82, 2.24) is 19.5 Å². The number of nitrogens with zero attached hydrogens (tertiary/aromatic N) is 4. The highest BCUT2D eigenvalue weighted by Gasteiger charge is 2.15. The first-order valence-electron chi connectivity index (χ1n) is 12.7. The van der Waals surface area contributed by atoms with Crippen LogP contribution in [-0.2, 0) is 0 Å². The van der Waals surface area contributed by atoms with Crippen molar-refractivity contribution in [2.75, 3.05) is 0 Å². The van der Waals surface area contributed by atoms with Crippen LogP contribution < -0.4 is 0 Å². The first-order valence-corrected chi connectivity index (χ1v) is 13.5. The van der Waals surface area contributed by atoms with Crippen LogP contribution in [0.3, 0.4) is 0 Å². The Labute approximate surface area is 227 Å². The highest BCUT2D eigenvalue weighted by molar-refractivity contribution is 7.21. The second-order valence-electron chi connectivity index (χ2n) is 9.37. The molecule has 0 bridgehead atoms. The van der Waals surface area contributed by atoms with Gasteiger partial charge in [0.15, 0.2) is 0 Å². The number of oxazole rings is 1. The van der Waals surface area contributed by atoms with E-state index in [9.17, 15) is 0 Å². The molecule has 0 aliphatic carbocycles. The highest BCUT2D eigenvalue weighted by Crippen LogP contribution is 2.37. The number of para-hydroxylation sites is 2. The summed E-state index contributed by atoms with van der Waals surface area (Å²) >= 11 is 1.73. The zero-order chi connectivity index (χ0) is 25.8. The molecule has 4 heterocycles. The average Bonchev–Trinajstić information content (AvgIpc) is 3.75. The topological polar surface area (TPSA) is 56.7 Å². The van der Waals surface area contributed by atoms with Crippen molar-refractivity contribution in [2.24, 2.45) is 0 Å². The van der Waals surface area contributed by atoms with E-state index in [1.54, 1.807) is 23.8 Å². The summed E-state index contributed by atoms with van der Waals surface area (Å²) in [5, 5.41) is 3.46. The van der Waals surface area contributed by atoms with Gasteiger partial charge in [-0.3, -0.25) is 0 Å². The number of pyridine rings is 1. The predicted molar refractivity (Wildman–Crippen MR) is 158 cm³/mol. The molecule has 0 N–H and O–H groups in total. The van der Waals surface area contributed by atoms with Crippen molar-refractivity contribution in [2.45, 2.75) is 0 Å². The molecule has 0 unspecified atom stereocenters.